The summed E-state index contributed by atoms with van der Waals surface area (Å²) < 4.78 is 10.5. The summed E-state index contributed by atoms with van der Waals surface area (Å²) in [4.78, 5) is 7.83. The number of hydrogen-bond acceptors (Lipinski definition) is 5. The number of aryl methyl sites for hydroxylation is 1. The molecule has 0 saturated carbocycles. The lowest BCUT2D eigenvalue weighted by Gasteiger charge is -1.96. The molecule has 0 unspecified atom stereocenters. The normalized spacial score (nSPS) is 8.76. The van der Waals surface area contributed by atoms with Crippen LogP contribution in [0.3, 0.4) is 0 Å². The maximum atomic E-state index is 8.85. The Labute approximate surface area is 102 Å². The molecule has 0 N–H and O–H groups in total. The SMILES string of the molecule is C[S+]=O.Cn1cc(-c2ncncc2C#N)cn1. The highest BCUT2D eigenvalue weighted by molar-refractivity contribution is 7.64. The van der Waals surface area contributed by atoms with Crippen molar-refractivity contribution in [2.45, 2.75) is 0 Å². The first kappa shape index (κ1) is 12.9. The van der Waals surface area contributed by atoms with Gasteiger partial charge in [0.05, 0.1) is 17.5 Å². The van der Waals surface area contributed by atoms with Crippen LogP contribution in [0.1, 0.15) is 5.56 Å². The van der Waals surface area contributed by atoms with E-state index in [0.717, 1.165) is 5.56 Å². The number of nitriles is 1. The summed E-state index contributed by atoms with van der Waals surface area (Å²) in [6.07, 6.45) is 7.88. The number of rotatable bonds is 1. The summed E-state index contributed by atoms with van der Waals surface area (Å²) in [5, 5.41) is 12.8. The summed E-state index contributed by atoms with van der Waals surface area (Å²) in [5.74, 6) is 0. The minimum absolute atomic E-state index is 0.459. The van der Waals surface area contributed by atoms with Gasteiger partial charge in [-0.2, -0.15) is 10.4 Å². The predicted octanol–water partition coefficient (Wildman–Crippen LogP) is 0.793. The first-order chi connectivity index (χ1) is 8.22. The third-order valence-corrected chi connectivity index (χ3v) is 1.81. The van der Waals surface area contributed by atoms with Gasteiger partial charge in [0.2, 0.25) is 6.26 Å². The van der Waals surface area contributed by atoms with Gasteiger partial charge in [0.25, 0.3) is 0 Å². The molecule has 0 saturated heterocycles. The Bertz CT molecular complexity index is 546. The number of nitrogens with zero attached hydrogens (tertiary/aromatic N) is 5. The Hall–Kier alpha value is -2.20. The third-order valence-electron chi connectivity index (χ3n) is 1.81. The van der Waals surface area contributed by atoms with Gasteiger partial charge < -0.3 is 0 Å². The lowest BCUT2D eigenvalue weighted by atomic mass is 10.1. The van der Waals surface area contributed by atoms with Crippen LogP contribution in [0.15, 0.2) is 24.9 Å². The fraction of sp³-hybridized carbons (Fsp3) is 0.200. The molecule has 6 nitrogen and oxygen atoms in total. The van der Waals surface area contributed by atoms with Crippen LogP contribution < -0.4 is 0 Å². The van der Waals surface area contributed by atoms with E-state index in [4.69, 9.17) is 9.47 Å². The summed E-state index contributed by atoms with van der Waals surface area (Å²) in [6, 6.07) is 2.04. The second-order valence-electron chi connectivity index (χ2n) is 2.97. The first-order valence-electron chi connectivity index (χ1n) is 4.58. The predicted molar refractivity (Wildman–Crippen MR) is 62.9 cm³/mol. The highest BCUT2D eigenvalue weighted by Gasteiger charge is 2.07. The molecule has 0 aromatic carbocycles. The van der Waals surface area contributed by atoms with Gasteiger partial charge in [0.15, 0.2) is 0 Å². The van der Waals surface area contributed by atoms with E-state index in [1.807, 2.05) is 19.3 Å². The van der Waals surface area contributed by atoms with Crippen molar-refractivity contribution in [1.82, 2.24) is 19.7 Å². The molecule has 2 aromatic heterocycles. The van der Waals surface area contributed by atoms with E-state index in [1.165, 1.54) is 18.8 Å². The van der Waals surface area contributed by atoms with E-state index >= 15 is 0 Å². The molecular formula is C10H10N5OS+. The molecule has 2 aromatic rings. The maximum Gasteiger partial charge on any atom is 0.455 e. The molecule has 0 amide bonds. The van der Waals surface area contributed by atoms with Gasteiger partial charge in [-0.25, -0.2) is 9.97 Å². The minimum Gasteiger partial charge on any atom is -0.275 e. The van der Waals surface area contributed by atoms with E-state index in [0.29, 0.717) is 22.9 Å². The van der Waals surface area contributed by atoms with Crippen molar-refractivity contribution < 1.29 is 4.21 Å². The minimum atomic E-state index is 0.459. The highest BCUT2D eigenvalue weighted by atomic mass is 32.1. The Morgan fingerprint density at radius 3 is 2.71 bits per heavy atom. The molecule has 0 spiro atoms. The lowest BCUT2D eigenvalue weighted by molar-refractivity contribution is 0.607. The quantitative estimate of drug-likeness (QED) is 0.697. The van der Waals surface area contributed by atoms with Gasteiger partial charge in [-0.05, 0) is 0 Å². The van der Waals surface area contributed by atoms with Crippen LogP contribution in [0, 0.1) is 11.3 Å². The lowest BCUT2D eigenvalue weighted by Crippen LogP contribution is -1.89. The summed E-state index contributed by atoms with van der Waals surface area (Å²) in [5.41, 5.74) is 1.91. The molecule has 86 valence electrons. The summed E-state index contributed by atoms with van der Waals surface area (Å²) in [6.45, 7) is 0. The molecule has 0 bridgehead atoms. The standard InChI is InChI=1S/C9H7N5.CH3OS/c1-14-5-8(4-13-14)9-7(2-10)3-11-6-12-9;1-3-2/h3-6H,1H3;1H3/q;+1. The zero-order valence-electron chi connectivity index (χ0n) is 9.36. The second kappa shape index (κ2) is 6.40. The Balaban J connectivity index is 0.000000437. The van der Waals surface area contributed by atoms with Crippen molar-refractivity contribution in [3.63, 3.8) is 0 Å². The molecule has 2 heterocycles. The van der Waals surface area contributed by atoms with Crippen molar-refractivity contribution in [2.75, 3.05) is 6.26 Å². The Morgan fingerprint density at radius 1 is 1.47 bits per heavy atom. The monoisotopic (exact) mass is 248 g/mol. The van der Waals surface area contributed by atoms with Gasteiger partial charge in [-0.1, -0.05) is 0 Å². The van der Waals surface area contributed by atoms with E-state index < -0.39 is 0 Å². The molecule has 0 aliphatic heterocycles. The molecule has 0 aliphatic carbocycles. The van der Waals surface area contributed by atoms with Crippen molar-refractivity contribution in [3.8, 4) is 17.3 Å². The van der Waals surface area contributed by atoms with Crippen LogP contribution in [-0.2, 0) is 22.9 Å². The van der Waals surface area contributed by atoms with Crippen LogP contribution in [0.5, 0.6) is 0 Å². The van der Waals surface area contributed by atoms with Crippen LogP contribution in [0.2, 0.25) is 0 Å². The molecule has 2 rings (SSSR count). The second-order valence-corrected chi connectivity index (χ2v) is 3.30. The first-order valence-corrected chi connectivity index (χ1v) is 5.73. The van der Waals surface area contributed by atoms with E-state index in [-0.39, 0.29) is 0 Å². The largest absolute Gasteiger partial charge is 0.455 e. The van der Waals surface area contributed by atoms with Crippen molar-refractivity contribution in [3.05, 3.63) is 30.5 Å². The van der Waals surface area contributed by atoms with Crippen LogP contribution in [0.25, 0.3) is 11.3 Å². The molecule has 0 radical (unpaired) electrons. The highest BCUT2D eigenvalue weighted by Crippen LogP contribution is 2.18. The van der Waals surface area contributed by atoms with Gasteiger partial charge in [-0.3, -0.25) is 4.68 Å². The van der Waals surface area contributed by atoms with Crippen LogP contribution in [-0.4, -0.2) is 26.0 Å². The molecule has 0 atom stereocenters. The van der Waals surface area contributed by atoms with E-state index in [9.17, 15) is 0 Å². The van der Waals surface area contributed by atoms with Crippen molar-refractivity contribution in [1.29, 1.82) is 5.26 Å². The average Bonchev–Trinajstić information content (AvgIpc) is 2.77. The summed E-state index contributed by atoms with van der Waals surface area (Å²) in [7, 11) is 1.82. The zero-order chi connectivity index (χ0) is 12.7. The van der Waals surface area contributed by atoms with E-state index in [2.05, 4.69) is 15.1 Å². The van der Waals surface area contributed by atoms with Crippen LogP contribution >= 0.6 is 0 Å². The van der Waals surface area contributed by atoms with Gasteiger partial charge in [0, 0.05) is 29.2 Å². The molecule has 17 heavy (non-hydrogen) atoms. The number of hydrogen-bond donors (Lipinski definition) is 0. The van der Waals surface area contributed by atoms with Crippen molar-refractivity contribution in [2.24, 2.45) is 7.05 Å². The van der Waals surface area contributed by atoms with Gasteiger partial charge in [-0.15, -0.1) is 0 Å². The molecule has 0 fully saturated rings. The fourth-order valence-electron chi connectivity index (χ4n) is 1.18. The third kappa shape index (κ3) is 3.39. The summed E-state index contributed by atoms with van der Waals surface area (Å²) >= 11 is 0.500. The van der Waals surface area contributed by atoms with E-state index in [1.54, 1.807) is 10.9 Å². The average molecular weight is 248 g/mol. The van der Waals surface area contributed by atoms with Crippen LogP contribution in [0.4, 0.5) is 0 Å². The van der Waals surface area contributed by atoms with Gasteiger partial charge in [0.1, 0.15) is 12.4 Å². The maximum absolute atomic E-state index is 8.85. The Morgan fingerprint density at radius 2 is 2.18 bits per heavy atom. The molecular weight excluding hydrogens is 238 g/mol. The number of aromatic nitrogens is 4. The topological polar surface area (TPSA) is 84.5 Å². The fourth-order valence-corrected chi connectivity index (χ4v) is 1.18. The smallest absolute Gasteiger partial charge is 0.275 e. The zero-order valence-corrected chi connectivity index (χ0v) is 10.2. The Kier molecular flexibility index (Phi) is 4.84. The van der Waals surface area contributed by atoms with Gasteiger partial charge >= 0.3 is 11.7 Å². The van der Waals surface area contributed by atoms with Crippen molar-refractivity contribution >= 4 is 11.7 Å². The molecule has 0 aliphatic rings. The molecule has 7 heteroatoms.